The monoisotopic (exact) mass is 292 g/mol. The maximum Gasteiger partial charge on any atom is 0.160 e. The summed E-state index contributed by atoms with van der Waals surface area (Å²) in [7, 11) is 0. The molecule has 0 amide bonds. The van der Waals surface area contributed by atoms with Crippen molar-refractivity contribution < 1.29 is 0 Å². The highest BCUT2D eigenvalue weighted by molar-refractivity contribution is 5.87. The van der Waals surface area contributed by atoms with E-state index in [2.05, 4.69) is 41.6 Å². The summed E-state index contributed by atoms with van der Waals surface area (Å²) in [6, 6.07) is 8.07. The number of aromatic amines is 1. The number of nitrogens with zero attached hydrogens (tertiary/aromatic N) is 6. The van der Waals surface area contributed by atoms with Crippen molar-refractivity contribution in [1.82, 2.24) is 34.9 Å². The van der Waals surface area contributed by atoms with Crippen LogP contribution in [0.2, 0.25) is 0 Å². The Morgan fingerprint density at radius 1 is 1.18 bits per heavy atom. The average molecular weight is 292 g/mol. The predicted octanol–water partition coefficient (Wildman–Crippen LogP) is 1.74. The van der Waals surface area contributed by atoms with E-state index in [9.17, 15) is 0 Å². The van der Waals surface area contributed by atoms with Gasteiger partial charge in [0.25, 0.3) is 0 Å². The molecule has 0 aliphatic rings. The van der Waals surface area contributed by atoms with Crippen molar-refractivity contribution in [3.63, 3.8) is 0 Å². The highest BCUT2D eigenvalue weighted by Gasteiger charge is 2.06. The van der Waals surface area contributed by atoms with Crippen LogP contribution in [0.1, 0.15) is 5.56 Å². The lowest BCUT2D eigenvalue weighted by Crippen LogP contribution is -2.01. The summed E-state index contributed by atoms with van der Waals surface area (Å²) in [5.41, 5.74) is 2.77. The van der Waals surface area contributed by atoms with Crippen molar-refractivity contribution in [3.8, 4) is 0 Å². The first kappa shape index (κ1) is 12.5. The van der Waals surface area contributed by atoms with E-state index in [1.165, 1.54) is 12.7 Å². The van der Waals surface area contributed by atoms with Gasteiger partial charge in [-0.15, -0.1) is 0 Å². The van der Waals surface area contributed by atoms with Crippen LogP contribution in [0, 0.1) is 0 Å². The molecule has 0 aliphatic heterocycles. The molecule has 8 nitrogen and oxygen atoms in total. The second kappa shape index (κ2) is 5.24. The zero-order valence-corrected chi connectivity index (χ0v) is 11.5. The number of hydrogen-bond acceptors (Lipinski definition) is 6. The summed E-state index contributed by atoms with van der Waals surface area (Å²) in [5.74, 6) is 0.719. The van der Waals surface area contributed by atoms with Gasteiger partial charge in [-0.1, -0.05) is 12.1 Å². The van der Waals surface area contributed by atoms with Gasteiger partial charge in [-0.2, -0.15) is 10.2 Å². The van der Waals surface area contributed by atoms with Crippen LogP contribution >= 0.6 is 0 Å². The van der Waals surface area contributed by atoms with Gasteiger partial charge in [0.2, 0.25) is 0 Å². The fourth-order valence-electron chi connectivity index (χ4n) is 2.25. The molecule has 4 aromatic rings. The average Bonchev–Trinajstić information content (AvgIpc) is 3.19. The van der Waals surface area contributed by atoms with Crippen LogP contribution in [0.25, 0.3) is 11.0 Å². The highest BCUT2D eigenvalue weighted by atomic mass is 15.3. The Balaban J connectivity index is 1.62. The molecular weight excluding hydrogens is 280 g/mol. The number of aromatic nitrogens is 7. The summed E-state index contributed by atoms with van der Waals surface area (Å²) in [4.78, 5) is 12.3. The van der Waals surface area contributed by atoms with Crippen LogP contribution < -0.4 is 5.32 Å². The van der Waals surface area contributed by atoms with Crippen LogP contribution in [-0.4, -0.2) is 34.9 Å². The topological polar surface area (TPSA) is 97.2 Å². The van der Waals surface area contributed by atoms with Gasteiger partial charge in [0.1, 0.15) is 24.8 Å². The number of fused-ring (bicyclic) bond motifs is 1. The van der Waals surface area contributed by atoms with Crippen molar-refractivity contribution in [1.29, 1.82) is 0 Å². The smallest absolute Gasteiger partial charge is 0.160 e. The number of nitrogens with one attached hydrogen (secondary N) is 2. The van der Waals surface area contributed by atoms with Gasteiger partial charge >= 0.3 is 0 Å². The van der Waals surface area contributed by atoms with Crippen LogP contribution in [0.5, 0.6) is 0 Å². The van der Waals surface area contributed by atoms with E-state index in [-0.39, 0.29) is 0 Å². The minimum absolute atomic E-state index is 0.667. The van der Waals surface area contributed by atoms with E-state index in [0.29, 0.717) is 12.2 Å². The maximum absolute atomic E-state index is 4.27. The number of rotatable bonds is 4. The largest absolute Gasteiger partial charge is 0.340 e. The molecule has 0 atom stereocenters. The molecule has 0 bridgehead atoms. The first-order valence-electron chi connectivity index (χ1n) is 6.71. The van der Waals surface area contributed by atoms with E-state index in [1.54, 1.807) is 17.2 Å². The zero-order valence-electron chi connectivity index (χ0n) is 11.5. The standard InChI is InChI=1S/C14H12N8/c1-2-10(6-22-9-15-7-19-22)4-11(3-1)20-13-12-5-18-21-14(12)17-8-16-13/h1-5,7-9H,6H2,(H2,16,17,18,20,21). The number of benzene rings is 1. The van der Waals surface area contributed by atoms with Crippen molar-refractivity contribution >= 4 is 22.5 Å². The lowest BCUT2D eigenvalue weighted by Gasteiger charge is -2.08. The third kappa shape index (κ3) is 2.37. The second-order valence-corrected chi connectivity index (χ2v) is 4.77. The first-order chi connectivity index (χ1) is 10.9. The number of hydrogen-bond donors (Lipinski definition) is 2. The Morgan fingerprint density at radius 2 is 2.18 bits per heavy atom. The molecule has 0 unspecified atom stereocenters. The molecule has 3 aromatic heterocycles. The molecule has 8 heteroatoms. The van der Waals surface area contributed by atoms with Gasteiger partial charge in [0, 0.05) is 5.69 Å². The van der Waals surface area contributed by atoms with Crippen molar-refractivity contribution in [2.45, 2.75) is 6.54 Å². The molecule has 1 aromatic carbocycles. The van der Waals surface area contributed by atoms with Crippen LogP contribution in [0.15, 0.2) is 49.4 Å². The van der Waals surface area contributed by atoms with Gasteiger partial charge in [-0.3, -0.25) is 5.10 Å². The molecule has 2 N–H and O–H groups in total. The molecule has 3 heterocycles. The molecule has 0 radical (unpaired) electrons. The maximum atomic E-state index is 4.27. The molecule has 0 saturated heterocycles. The van der Waals surface area contributed by atoms with Crippen LogP contribution in [0.4, 0.5) is 11.5 Å². The van der Waals surface area contributed by atoms with Crippen LogP contribution in [0.3, 0.4) is 0 Å². The van der Waals surface area contributed by atoms with Gasteiger partial charge in [0.15, 0.2) is 5.65 Å². The molecule has 0 fully saturated rings. The third-order valence-electron chi connectivity index (χ3n) is 3.25. The van der Waals surface area contributed by atoms with E-state index in [4.69, 9.17) is 0 Å². The minimum atomic E-state index is 0.667. The lowest BCUT2D eigenvalue weighted by molar-refractivity contribution is 0.685. The summed E-state index contributed by atoms with van der Waals surface area (Å²) < 4.78 is 1.78. The van der Waals surface area contributed by atoms with E-state index in [1.807, 2.05) is 18.2 Å². The summed E-state index contributed by atoms with van der Waals surface area (Å²) in [6.45, 7) is 0.667. The normalized spacial score (nSPS) is 10.9. The van der Waals surface area contributed by atoms with E-state index < -0.39 is 0 Å². The lowest BCUT2D eigenvalue weighted by atomic mass is 10.2. The Labute approximate surface area is 125 Å². The SMILES string of the molecule is c1cc(Cn2cncn2)cc(Nc2ncnc3[nH]ncc23)c1. The molecule has 0 aliphatic carbocycles. The van der Waals surface area contributed by atoms with E-state index in [0.717, 1.165) is 22.5 Å². The van der Waals surface area contributed by atoms with Gasteiger partial charge in [-0.25, -0.2) is 19.6 Å². The third-order valence-corrected chi connectivity index (χ3v) is 3.25. The fraction of sp³-hybridized carbons (Fsp3) is 0.0714. The molecule has 0 spiro atoms. The summed E-state index contributed by atoms with van der Waals surface area (Å²) in [6.07, 6.45) is 6.43. The fourth-order valence-corrected chi connectivity index (χ4v) is 2.25. The molecular formula is C14H12N8. The number of H-pyrrole nitrogens is 1. The number of anilines is 2. The molecule has 4 rings (SSSR count). The van der Waals surface area contributed by atoms with E-state index >= 15 is 0 Å². The molecule has 108 valence electrons. The van der Waals surface area contributed by atoms with Gasteiger partial charge in [-0.05, 0) is 17.7 Å². The minimum Gasteiger partial charge on any atom is -0.340 e. The van der Waals surface area contributed by atoms with Gasteiger partial charge < -0.3 is 5.32 Å². The Hall–Kier alpha value is -3.29. The van der Waals surface area contributed by atoms with Crippen molar-refractivity contribution in [3.05, 3.63) is 55.0 Å². The summed E-state index contributed by atoms with van der Waals surface area (Å²) >= 11 is 0. The highest BCUT2D eigenvalue weighted by Crippen LogP contribution is 2.22. The summed E-state index contributed by atoms with van der Waals surface area (Å²) in [5, 5.41) is 15.1. The predicted molar refractivity (Wildman–Crippen MR) is 80.5 cm³/mol. The Kier molecular flexibility index (Phi) is 2.97. The molecule has 0 saturated carbocycles. The van der Waals surface area contributed by atoms with Crippen molar-refractivity contribution in [2.24, 2.45) is 0 Å². The van der Waals surface area contributed by atoms with Crippen LogP contribution in [-0.2, 0) is 6.54 Å². The molecule has 22 heavy (non-hydrogen) atoms. The second-order valence-electron chi connectivity index (χ2n) is 4.77. The van der Waals surface area contributed by atoms with Gasteiger partial charge in [0.05, 0.1) is 18.1 Å². The zero-order chi connectivity index (χ0) is 14.8. The quantitative estimate of drug-likeness (QED) is 0.594. The van der Waals surface area contributed by atoms with Crippen molar-refractivity contribution in [2.75, 3.05) is 5.32 Å². The first-order valence-corrected chi connectivity index (χ1v) is 6.71. The Morgan fingerprint density at radius 3 is 3.09 bits per heavy atom. The Bertz CT molecular complexity index is 896.